The molecule has 1 fully saturated rings. The van der Waals surface area contributed by atoms with Crippen molar-refractivity contribution in [1.82, 2.24) is 15.5 Å². The summed E-state index contributed by atoms with van der Waals surface area (Å²) in [6, 6.07) is 8.78. The average Bonchev–Trinajstić information content (AvgIpc) is 2.85. The van der Waals surface area contributed by atoms with Crippen LogP contribution in [0.15, 0.2) is 29.3 Å². The first-order chi connectivity index (χ1) is 11.3. The van der Waals surface area contributed by atoms with Gasteiger partial charge in [0.2, 0.25) is 0 Å². The van der Waals surface area contributed by atoms with Crippen LogP contribution in [0.2, 0.25) is 0 Å². The molecule has 0 bridgehead atoms. The maximum atomic E-state index is 4.28. The van der Waals surface area contributed by atoms with Crippen LogP contribution in [-0.2, 0) is 13.1 Å². The molecule has 0 unspecified atom stereocenters. The molecule has 5 heteroatoms. The zero-order valence-corrected chi connectivity index (χ0v) is 17.5. The van der Waals surface area contributed by atoms with Crippen molar-refractivity contribution in [1.29, 1.82) is 0 Å². The lowest BCUT2D eigenvalue weighted by Crippen LogP contribution is -2.37. The van der Waals surface area contributed by atoms with E-state index in [1.165, 1.54) is 49.9 Å². The van der Waals surface area contributed by atoms with Gasteiger partial charge in [0.1, 0.15) is 0 Å². The maximum Gasteiger partial charge on any atom is 0.191 e. The summed E-state index contributed by atoms with van der Waals surface area (Å²) in [6.45, 7) is 7.49. The van der Waals surface area contributed by atoms with Gasteiger partial charge in [-0.2, -0.15) is 0 Å². The maximum absolute atomic E-state index is 4.28. The number of guanidine groups is 1. The second kappa shape index (κ2) is 12.5. The Morgan fingerprint density at radius 2 is 1.71 bits per heavy atom. The summed E-state index contributed by atoms with van der Waals surface area (Å²) in [4.78, 5) is 6.89. The van der Waals surface area contributed by atoms with E-state index in [4.69, 9.17) is 0 Å². The quantitative estimate of drug-likeness (QED) is 0.399. The minimum absolute atomic E-state index is 0. The third-order valence-corrected chi connectivity index (χ3v) is 4.42. The summed E-state index contributed by atoms with van der Waals surface area (Å²) in [5.41, 5.74) is 2.81. The van der Waals surface area contributed by atoms with Gasteiger partial charge in [0.25, 0.3) is 0 Å². The minimum Gasteiger partial charge on any atom is -0.356 e. The van der Waals surface area contributed by atoms with Crippen LogP contribution in [0, 0.1) is 0 Å². The summed E-state index contributed by atoms with van der Waals surface area (Å²) in [5.74, 6) is 0.886. The first-order valence-electron chi connectivity index (χ1n) is 9.07. The molecule has 136 valence electrons. The molecule has 24 heavy (non-hydrogen) atoms. The third-order valence-electron chi connectivity index (χ3n) is 4.42. The minimum atomic E-state index is 0. The molecule has 0 radical (unpaired) electrons. The van der Waals surface area contributed by atoms with Gasteiger partial charge in [0.15, 0.2) is 5.96 Å². The van der Waals surface area contributed by atoms with Crippen molar-refractivity contribution >= 4 is 29.9 Å². The topological polar surface area (TPSA) is 39.7 Å². The Labute approximate surface area is 164 Å². The lowest BCUT2D eigenvalue weighted by atomic mass is 10.1. The standard InChI is InChI=1S/C19H32N4.HI/c1-3-12-21-19(20-2)22-15-17-10-6-7-11-18(17)16-23-13-8-4-5-9-14-23;/h6-7,10-11H,3-5,8-9,12-16H2,1-2H3,(H2,20,21,22);1H. The normalized spacial score (nSPS) is 16.2. The number of hydrogen-bond acceptors (Lipinski definition) is 2. The fraction of sp³-hybridized carbons (Fsp3) is 0.632. The van der Waals surface area contributed by atoms with Crippen molar-refractivity contribution in [3.05, 3.63) is 35.4 Å². The van der Waals surface area contributed by atoms with Gasteiger partial charge >= 0.3 is 0 Å². The molecule has 1 heterocycles. The van der Waals surface area contributed by atoms with Crippen LogP contribution >= 0.6 is 24.0 Å². The Kier molecular flexibility index (Phi) is 11.1. The van der Waals surface area contributed by atoms with Crippen molar-refractivity contribution in [2.45, 2.75) is 52.1 Å². The third kappa shape index (κ3) is 7.38. The van der Waals surface area contributed by atoms with Gasteiger partial charge in [-0.1, -0.05) is 44.0 Å². The molecule has 1 aromatic rings. The van der Waals surface area contributed by atoms with Gasteiger partial charge in [-0.05, 0) is 43.5 Å². The molecule has 0 saturated carbocycles. The van der Waals surface area contributed by atoms with E-state index in [0.29, 0.717) is 0 Å². The zero-order chi connectivity index (χ0) is 16.3. The van der Waals surface area contributed by atoms with Gasteiger partial charge in [-0.15, -0.1) is 24.0 Å². The highest BCUT2D eigenvalue weighted by Crippen LogP contribution is 2.16. The van der Waals surface area contributed by atoms with Crippen molar-refractivity contribution < 1.29 is 0 Å². The number of nitrogens with one attached hydrogen (secondary N) is 2. The molecule has 0 atom stereocenters. The Hall–Kier alpha value is -0.820. The van der Waals surface area contributed by atoms with E-state index in [2.05, 4.69) is 51.7 Å². The summed E-state index contributed by atoms with van der Waals surface area (Å²) < 4.78 is 0. The zero-order valence-electron chi connectivity index (χ0n) is 15.2. The number of rotatable bonds is 6. The summed E-state index contributed by atoms with van der Waals surface area (Å²) in [5, 5.41) is 6.76. The molecule has 1 aromatic carbocycles. The fourth-order valence-corrected chi connectivity index (χ4v) is 3.06. The van der Waals surface area contributed by atoms with E-state index < -0.39 is 0 Å². The molecular formula is C19H33IN4. The SMILES string of the molecule is CCCNC(=NC)NCc1ccccc1CN1CCCCCC1.I. The predicted octanol–water partition coefficient (Wildman–Crippen LogP) is 3.76. The Bertz CT molecular complexity index is 482. The largest absolute Gasteiger partial charge is 0.356 e. The monoisotopic (exact) mass is 444 g/mol. The van der Waals surface area contributed by atoms with Gasteiger partial charge in [-0.3, -0.25) is 9.89 Å². The van der Waals surface area contributed by atoms with Crippen LogP contribution < -0.4 is 10.6 Å². The van der Waals surface area contributed by atoms with Gasteiger partial charge in [0, 0.05) is 26.7 Å². The number of likely N-dealkylation sites (tertiary alicyclic amines) is 1. The smallest absolute Gasteiger partial charge is 0.191 e. The number of halogens is 1. The van der Waals surface area contributed by atoms with Crippen molar-refractivity contribution in [2.75, 3.05) is 26.7 Å². The van der Waals surface area contributed by atoms with Crippen LogP contribution in [0.5, 0.6) is 0 Å². The van der Waals surface area contributed by atoms with Crippen LogP contribution in [0.4, 0.5) is 0 Å². The first kappa shape index (κ1) is 21.2. The Balaban J connectivity index is 0.00000288. The molecule has 0 spiro atoms. The van der Waals surface area contributed by atoms with Crippen molar-refractivity contribution in [3.63, 3.8) is 0 Å². The van der Waals surface area contributed by atoms with Crippen molar-refractivity contribution in [3.8, 4) is 0 Å². The van der Waals surface area contributed by atoms with Crippen LogP contribution in [0.1, 0.15) is 50.2 Å². The molecular weight excluding hydrogens is 411 g/mol. The van der Waals surface area contributed by atoms with Crippen molar-refractivity contribution in [2.24, 2.45) is 4.99 Å². The fourth-order valence-electron chi connectivity index (χ4n) is 3.06. The number of benzene rings is 1. The molecule has 4 nitrogen and oxygen atoms in total. The molecule has 0 aliphatic carbocycles. The van der Waals surface area contributed by atoms with E-state index in [1.807, 2.05) is 7.05 Å². The number of aliphatic imine (C=N–C) groups is 1. The molecule has 1 aliphatic heterocycles. The van der Waals surface area contributed by atoms with Crippen LogP contribution in [0.25, 0.3) is 0 Å². The van der Waals surface area contributed by atoms with Gasteiger partial charge in [0.05, 0.1) is 0 Å². The van der Waals surface area contributed by atoms with E-state index in [1.54, 1.807) is 0 Å². The van der Waals surface area contributed by atoms with E-state index in [9.17, 15) is 0 Å². The van der Waals surface area contributed by atoms with E-state index in [-0.39, 0.29) is 24.0 Å². The number of nitrogens with zero attached hydrogens (tertiary/aromatic N) is 2. The van der Waals surface area contributed by atoms with Gasteiger partial charge < -0.3 is 10.6 Å². The van der Waals surface area contributed by atoms with E-state index >= 15 is 0 Å². The van der Waals surface area contributed by atoms with Crippen LogP contribution in [0.3, 0.4) is 0 Å². The van der Waals surface area contributed by atoms with Crippen LogP contribution in [-0.4, -0.2) is 37.5 Å². The predicted molar refractivity (Wildman–Crippen MR) is 114 cm³/mol. The molecule has 1 aliphatic rings. The second-order valence-corrected chi connectivity index (χ2v) is 6.31. The summed E-state index contributed by atoms with van der Waals surface area (Å²) in [7, 11) is 1.83. The molecule has 2 N–H and O–H groups in total. The Morgan fingerprint density at radius 3 is 2.33 bits per heavy atom. The lowest BCUT2D eigenvalue weighted by molar-refractivity contribution is 0.276. The number of hydrogen-bond donors (Lipinski definition) is 2. The highest BCUT2D eigenvalue weighted by molar-refractivity contribution is 14.0. The van der Waals surface area contributed by atoms with Gasteiger partial charge in [-0.25, -0.2) is 0 Å². The summed E-state index contributed by atoms with van der Waals surface area (Å²) in [6.07, 6.45) is 6.56. The highest BCUT2D eigenvalue weighted by atomic mass is 127. The highest BCUT2D eigenvalue weighted by Gasteiger charge is 2.11. The molecule has 0 aromatic heterocycles. The molecule has 1 saturated heterocycles. The summed E-state index contributed by atoms with van der Waals surface area (Å²) >= 11 is 0. The molecule has 0 amide bonds. The second-order valence-electron chi connectivity index (χ2n) is 6.31. The lowest BCUT2D eigenvalue weighted by Gasteiger charge is -2.22. The average molecular weight is 444 g/mol. The molecule has 2 rings (SSSR count). The van der Waals surface area contributed by atoms with E-state index in [0.717, 1.165) is 32.0 Å². The Morgan fingerprint density at radius 1 is 1.04 bits per heavy atom. The first-order valence-corrected chi connectivity index (χ1v) is 9.07.